The number of ether oxygens (including phenoxy) is 2. The predicted octanol–water partition coefficient (Wildman–Crippen LogP) is 4.10. The van der Waals surface area contributed by atoms with Crippen molar-refractivity contribution in [2.45, 2.75) is 19.8 Å². The van der Waals surface area contributed by atoms with Crippen LogP contribution < -0.4 is 9.47 Å². The third kappa shape index (κ3) is 4.66. The lowest BCUT2D eigenvalue weighted by Crippen LogP contribution is -2.08. The van der Waals surface area contributed by atoms with E-state index < -0.39 is 0 Å². The summed E-state index contributed by atoms with van der Waals surface area (Å²) < 4.78 is 11.2. The molecule has 19 heavy (non-hydrogen) atoms. The van der Waals surface area contributed by atoms with Crippen molar-refractivity contribution in [2.24, 2.45) is 0 Å². The van der Waals surface area contributed by atoms with Gasteiger partial charge in [-0.15, -0.1) is 0 Å². The topological polar surface area (TPSA) is 18.5 Å². The van der Waals surface area contributed by atoms with Crippen molar-refractivity contribution in [1.82, 2.24) is 0 Å². The van der Waals surface area contributed by atoms with Crippen LogP contribution in [0.3, 0.4) is 0 Å². The minimum atomic E-state index is 0.556. The second-order valence-electron chi connectivity index (χ2n) is 4.40. The summed E-state index contributed by atoms with van der Waals surface area (Å²) >= 11 is 0. The summed E-state index contributed by atoms with van der Waals surface area (Å²) in [4.78, 5) is 0. The molecule has 0 saturated carbocycles. The summed E-state index contributed by atoms with van der Waals surface area (Å²) in [6, 6.07) is 18.1. The quantitative estimate of drug-likeness (QED) is 0.694. The third-order valence-corrected chi connectivity index (χ3v) is 2.83. The number of hydrogen-bond donors (Lipinski definition) is 0. The van der Waals surface area contributed by atoms with Crippen LogP contribution in [-0.4, -0.2) is 13.2 Å². The Morgan fingerprint density at radius 2 is 1.32 bits per heavy atom. The second kappa shape index (κ2) is 7.47. The van der Waals surface area contributed by atoms with E-state index in [4.69, 9.17) is 9.47 Å². The molecule has 0 saturated heterocycles. The van der Waals surface area contributed by atoms with Crippen molar-refractivity contribution >= 4 is 0 Å². The lowest BCUT2D eigenvalue weighted by atomic mass is 10.1. The molecule has 2 rings (SSSR count). The highest BCUT2D eigenvalue weighted by Crippen LogP contribution is 2.13. The van der Waals surface area contributed by atoms with Gasteiger partial charge in [0.05, 0.1) is 0 Å². The lowest BCUT2D eigenvalue weighted by Gasteiger charge is -2.08. The Bertz CT molecular complexity index is 462. The van der Waals surface area contributed by atoms with Gasteiger partial charge in [-0.3, -0.25) is 0 Å². The molecule has 0 aliphatic carbocycles. The maximum Gasteiger partial charge on any atom is 0.122 e. The van der Waals surface area contributed by atoms with E-state index in [1.165, 1.54) is 12.0 Å². The van der Waals surface area contributed by atoms with Gasteiger partial charge in [0.2, 0.25) is 0 Å². The van der Waals surface area contributed by atoms with Crippen LogP contribution in [-0.2, 0) is 6.42 Å². The van der Waals surface area contributed by atoms with Crippen LogP contribution in [0.4, 0.5) is 0 Å². The van der Waals surface area contributed by atoms with Crippen LogP contribution in [0.15, 0.2) is 54.6 Å². The SMILES string of the molecule is CCCc1ccc(OCCOc2ccccc2)cc1. The molecule has 0 aliphatic heterocycles. The predicted molar refractivity (Wildman–Crippen MR) is 77.9 cm³/mol. The molecule has 0 radical (unpaired) electrons. The van der Waals surface area contributed by atoms with Gasteiger partial charge in [-0.2, -0.15) is 0 Å². The first-order chi connectivity index (χ1) is 9.38. The standard InChI is InChI=1S/C17H20O2/c1-2-6-15-9-11-17(12-10-15)19-14-13-18-16-7-4-3-5-8-16/h3-5,7-12H,2,6,13-14H2,1H3. The van der Waals surface area contributed by atoms with E-state index in [-0.39, 0.29) is 0 Å². The number of rotatable bonds is 7. The van der Waals surface area contributed by atoms with E-state index in [1.54, 1.807) is 0 Å². The summed E-state index contributed by atoms with van der Waals surface area (Å²) in [5, 5.41) is 0. The van der Waals surface area contributed by atoms with Crippen molar-refractivity contribution in [3.05, 3.63) is 60.2 Å². The smallest absolute Gasteiger partial charge is 0.122 e. The van der Waals surface area contributed by atoms with Gasteiger partial charge in [-0.1, -0.05) is 43.7 Å². The Morgan fingerprint density at radius 3 is 1.89 bits per heavy atom. The van der Waals surface area contributed by atoms with Crippen LogP contribution >= 0.6 is 0 Å². The van der Waals surface area contributed by atoms with Crippen molar-refractivity contribution in [3.8, 4) is 11.5 Å². The summed E-state index contributed by atoms with van der Waals surface area (Å²) in [6.07, 6.45) is 2.29. The van der Waals surface area contributed by atoms with Crippen LogP contribution in [0.25, 0.3) is 0 Å². The third-order valence-electron chi connectivity index (χ3n) is 2.83. The first-order valence-corrected chi connectivity index (χ1v) is 6.78. The van der Waals surface area contributed by atoms with Crippen LogP contribution in [0.5, 0.6) is 11.5 Å². The van der Waals surface area contributed by atoms with Gasteiger partial charge in [0.15, 0.2) is 0 Å². The Kier molecular flexibility index (Phi) is 5.30. The molecular weight excluding hydrogens is 236 g/mol. The molecule has 2 aromatic rings. The minimum Gasteiger partial charge on any atom is -0.490 e. The molecule has 0 heterocycles. The summed E-state index contributed by atoms with van der Waals surface area (Å²) in [5.74, 6) is 1.78. The van der Waals surface area contributed by atoms with Gasteiger partial charge in [0.1, 0.15) is 24.7 Å². The fraction of sp³-hybridized carbons (Fsp3) is 0.294. The molecule has 0 aliphatic rings. The Morgan fingerprint density at radius 1 is 0.737 bits per heavy atom. The molecular formula is C17H20O2. The van der Waals surface area contributed by atoms with E-state index in [2.05, 4.69) is 19.1 Å². The molecule has 0 atom stereocenters. The highest BCUT2D eigenvalue weighted by Gasteiger charge is 1.96. The Labute approximate surface area is 115 Å². The van der Waals surface area contributed by atoms with Crippen LogP contribution in [0.1, 0.15) is 18.9 Å². The summed E-state index contributed by atoms with van der Waals surface area (Å²) in [7, 11) is 0. The first kappa shape index (κ1) is 13.5. The molecule has 2 aromatic carbocycles. The molecule has 0 aromatic heterocycles. The highest BCUT2D eigenvalue weighted by atomic mass is 16.5. The van der Waals surface area contributed by atoms with Gasteiger partial charge < -0.3 is 9.47 Å². The summed E-state index contributed by atoms with van der Waals surface area (Å²) in [6.45, 7) is 3.30. The number of para-hydroxylation sites is 1. The molecule has 2 heteroatoms. The van der Waals surface area contributed by atoms with Crippen molar-refractivity contribution in [3.63, 3.8) is 0 Å². The molecule has 100 valence electrons. The Balaban J connectivity index is 1.70. The van der Waals surface area contributed by atoms with Crippen molar-refractivity contribution < 1.29 is 9.47 Å². The van der Waals surface area contributed by atoms with Crippen molar-refractivity contribution in [1.29, 1.82) is 0 Å². The van der Waals surface area contributed by atoms with Gasteiger partial charge in [-0.05, 0) is 36.2 Å². The normalized spacial score (nSPS) is 10.2. The Hall–Kier alpha value is -1.96. The summed E-state index contributed by atoms with van der Waals surface area (Å²) in [5.41, 5.74) is 1.36. The van der Waals surface area contributed by atoms with Crippen LogP contribution in [0.2, 0.25) is 0 Å². The molecule has 0 bridgehead atoms. The van der Waals surface area contributed by atoms with Gasteiger partial charge in [-0.25, -0.2) is 0 Å². The van der Waals surface area contributed by atoms with Crippen molar-refractivity contribution in [2.75, 3.05) is 13.2 Å². The molecule has 2 nitrogen and oxygen atoms in total. The van der Waals surface area contributed by atoms with E-state index in [0.717, 1.165) is 17.9 Å². The molecule has 0 fully saturated rings. The fourth-order valence-corrected chi connectivity index (χ4v) is 1.88. The highest BCUT2D eigenvalue weighted by molar-refractivity contribution is 5.27. The molecule has 0 spiro atoms. The van der Waals surface area contributed by atoms with E-state index in [9.17, 15) is 0 Å². The maximum atomic E-state index is 5.64. The lowest BCUT2D eigenvalue weighted by molar-refractivity contribution is 0.217. The van der Waals surface area contributed by atoms with E-state index in [0.29, 0.717) is 13.2 Å². The molecule has 0 amide bonds. The molecule has 0 unspecified atom stereocenters. The zero-order valence-corrected chi connectivity index (χ0v) is 11.3. The average Bonchev–Trinajstić information content (AvgIpc) is 2.47. The zero-order valence-electron chi connectivity index (χ0n) is 11.3. The number of aryl methyl sites for hydroxylation is 1. The molecule has 0 N–H and O–H groups in total. The fourth-order valence-electron chi connectivity index (χ4n) is 1.88. The number of benzene rings is 2. The van der Waals surface area contributed by atoms with E-state index in [1.807, 2.05) is 42.5 Å². The number of hydrogen-bond acceptors (Lipinski definition) is 2. The minimum absolute atomic E-state index is 0.556. The van der Waals surface area contributed by atoms with Gasteiger partial charge >= 0.3 is 0 Å². The first-order valence-electron chi connectivity index (χ1n) is 6.78. The average molecular weight is 256 g/mol. The van der Waals surface area contributed by atoms with Gasteiger partial charge in [0, 0.05) is 0 Å². The van der Waals surface area contributed by atoms with E-state index >= 15 is 0 Å². The largest absolute Gasteiger partial charge is 0.490 e. The maximum absolute atomic E-state index is 5.64. The van der Waals surface area contributed by atoms with Crippen LogP contribution in [0, 0.1) is 0 Å². The second-order valence-corrected chi connectivity index (χ2v) is 4.40. The monoisotopic (exact) mass is 256 g/mol. The zero-order chi connectivity index (χ0) is 13.3. The van der Waals surface area contributed by atoms with Gasteiger partial charge in [0.25, 0.3) is 0 Å².